The van der Waals surface area contributed by atoms with Crippen molar-refractivity contribution in [2.75, 3.05) is 13.1 Å². The minimum atomic E-state index is -0.802. The van der Waals surface area contributed by atoms with Gasteiger partial charge in [0.15, 0.2) is 0 Å². The molecule has 2 heterocycles. The maximum absolute atomic E-state index is 12.4. The third kappa shape index (κ3) is 1.96. The Balaban J connectivity index is 1.83. The van der Waals surface area contributed by atoms with Crippen molar-refractivity contribution in [3.8, 4) is 0 Å². The Labute approximate surface area is 110 Å². The van der Waals surface area contributed by atoms with Crippen molar-refractivity contribution in [3.63, 3.8) is 0 Å². The minimum Gasteiger partial charge on any atom is -0.388 e. The van der Waals surface area contributed by atoms with Gasteiger partial charge in [-0.2, -0.15) is 0 Å². The van der Waals surface area contributed by atoms with Gasteiger partial charge in [-0.1, -0.05) is 0 Å². The molecule has 98 valence electrons. The summed E-state index contributed by atoms with van der Waals surface area (Å²) in [6, 6.07) is 0. The van der Waals surface area contributed by atoms with E-state index < -0.39 is 12.2 Å². The molecular weight excluding hydrogens is 250 g/mol. The number of hydrogen-bond donors (Lipinski definition) is 2. The summed E-state index contributed by atoms with van der Waals surface area (Å²) in [6.45, 7) is 0.481. The van der Waals surface area contributed by atoms with Crippen molar-refractivity contribution in [2.45, 2.75) is 37.9 Å². The number of aliphatic hydroxyl groups is 2. The lowest BCUT2D eigenvalue weighted by molar-refractivity contribution is 0.0572. The number of rotatable bonds is 1. The quantitative estimate of drug-likeness (QED) is 0.791. The Kier molecular flexibility index (Phi) is 3.13. The summed E-state index contributed by atoms with van der Waals surface area (Å²) >= 11 is 1.67. The van der Waals surface area contributed by atoms with E-state index in [1.165, 1.54) is 16.9 Å². The number of thiophene rings is 1. The molecule has 4 nitrogen and oxygen atoms in total. The van der Waals surface area contributed by atoms with Gasteiger partial charge in [-0.15, -0.1) is 11.3 Å². The molecule has 1 aromatic heterocycles. The molecule has 3 rings (SSSR count). The van der Waals surface area contributed by atoms with Crippen LogP contribution in [0.5, 0.6) is 0 Å². The van der Waals surface area contributed by atoms with Gasteiger partial charge in [0.05, 0.1) is 17.8 Å². The normalized spacial score (nSPS) is 27.3. The fraction of sp³-hybridized carbons (Fsp3) is 0.615. The number of nitrogens with zero attached hydrogens (tertiary/aromatic N) is 1. The van der Waals surface area contributed by atoms with Gasteiger partial charge in [0.25, 0.3) is 5.91 Å². The maximum Gasteiger partial charge on any atom is 0.255 e. The molecule has 0 saturated carbocycles. The standard InChI is InChI=1S/C13H17NO3S/c15-10-5-14(6-11(10)16)13(17)9-7-18-12-4-2-1-3-8(9)12/h7,10-11,15-16H,1-6H2/t10-,11+. The smallest absolute Gasteiger partial charge is 0.255 e. The predicted octanol–water partition coefficient (Wildman–Crippen LogP) is 0.804. The Bertz CT molecular complexity index is 461. The maximum atomic E-state index is 12.4. The monoisotopic (exact) mass is 267 g/mol. The Morgan fingerprint density at radius 1 is 1.22 bits per heavy atom. The average molecular weight is 267 g/mol. The highest BCUT2D eigenvalue weighted by molar-refractivity contribution is 7.10. The highest BCUT2D eigenvalue weighted by atomic mass is 32.1. The average Bonchev–Trinajstić information content (AvgIpc) is 2.93. The van der Waals surface area contributed by atoms with Crippen molar-refractivity contribution >= 4 is 17.2 Å². The summed E-state index contributed by atoms with van der Waals surface area (Å²) in [5.41, 5.74) is 1.99. The van der Waals surface area contributed by atoms with Crippen LogP contribution in [0.2, 0.25) is 0 Å². The topological polar surface area (TPSA) is 60.8 Å². The van der Waals surface area contributed by atoms with Crippen molar-refractivity contribution in [2.24, 2.45) is 0 Å². The van der Waals surface area contributed by atoms with Crippen LogP contribution in [0.1, 0.15) is 33.6 Å². The van der Waals surface area contributed by atoms with Crippen LogP contribution in [0, 0.1) is 0 Å². The van der Waals surface area contributed by atoms with Gasteiger partial charge in [-0.05, 0) is 31.2 Å². The van der Waals surface area contributed by atoms with Gasteiger partial charge in [-0.25, -0.2) is 0 Å². The first-order valence-corrected chi connectivity index (χ1v) is 7.29. The molecule has 1 amide bonds. The molecule has 2 aliphatic rings. The SMILES string of the molecule is O=C(c1csc2c1CCCC2)N1C[C@@H](O)[C@@H](O)C1. The summed E-state index contributed by atoms with van der Waals surface area (Å²) in [5, 5.41) is 21.0. The molecule has 5 heteroatoms. The lowest BCUT2D eigenvalue weighted by Crippen LogP contribution is -2.30. The lowest BCUT2D eigenvalue weighted by Gasteiger charge is -2.17. The van der Waals surface area contributed by atoms with Crippen molar-refractivity contribution in [3.05, 3.63) is 21.4 Å². The zero-order chi connectivity index (χ0) is 12.7. The number of amides is 1. The number of β-amino-alcohol motifs (C(OH)–C–C–N with tert-alkyl or cyclic N) is 2. The van der Waals surface area contributed by atoms with Crippen molar-refractivity contribution in [1.29, 1.82) is 0 Å². The second-order valence-electron chi connectivity index (χ2n) is 5.10. The molecule has 2 atom stereocenters. The molecule has 18 heavy (non-hydrogen) atoms. The molecule has 0 bridgehead atoms. The molecule has 2 N–H and O–H groups in total. The van der Waals surface area contributed by atoms with E-state index in [-0.39, 0.29) is 19.0 Å². The number of carbonyl (C=O) groups is 1. The zero-order valence-electron chi connectivity index (χ0n) is 10.1. The molecule has 1 aliphatic carbocycles. The molecule has 0 aromatic carbocycles. The van der Waals surface area contributed by atoms with Gasteiger partial charge < -0.3 is 15.1 Å². The number of aliphatic hydroxyl groups excluding tert-OH is 2. The van der Waals surface area contributed by atoms with Crippen molar-refractivity contribution in [1.82, 2.24) is 4.90 Å². The van der Waals surface area contributed by atoms with E-state index in [4.69, 9.17) is 0 Å². The van der Waals surface area contributed by atoms with E-state index in [2.05, 4.69) is 0 Å². The van der Waals surface area contributed by atoms with Crippen molar-refractivity contribution < 1.29 is 15.0 Å². The first-order chi connectivity index (χ1) is 8.66. The predicted molar refractivity (Wildman–Crippen MR) is 68.9 cm³/mol. The number of fused-ring (bicyclic) bond motifs is 1. The minimum absolute atomic E-state index is 0.0370. The van der Waals surface area contributed by atoms with E-state index in [1.54, 1.807) is 16.2 Å². The molecule has 1 saturated heterocycles. The first kappa shape index (κ1) is 12.1. The highest BCUT2D eigenvalue weighted by Crippen LogP contribution is 2.31. The van der Waals surface area contributed by atoms with Crippen LogP contribution in [0.4, 0.5) is 0 Å². The van der Waals surface area contributed by atoms with Crippen LogP contribution in [-0.2, 0) is 12.8 Å². The summed E-state index contributed by atoms with van der Waals surface area (Å²) in [5.74, 6) is -0.0370. The van der Waals surface area contributed by atoms with E-state index in [1.807, 2.05) is 5.38 Å². The number of likely N-dealkylation sites (tertiary alicyclic amines) is 1. The Morgan fingerprint density at radius 3 is 2.61 bits per heavy atom. The summed E-state index contributed by atoms with van der Waals surface area (Å²) in [7, 11) is 0. The zero-order valence-corrected chi connectivity index (χ0v) is 10.9. The second-order valence-corrected chi connectivity index (χ2v) is 6.07. The molecule has 0 unspecified atom stereocenters. The van der Waals surface area contributed by atoms with E-state index >= 15 is 0 Å². The van der Waals surface area contributed by atoms with E-state index in [0.29, 0.717) is 0 Å². The Morgan fingerprint density at radius 2 is 1.89 bits per heavy atom. The first-order valence-electron chi connectivity index (χ1n) is 6.41. The highest BCUT2D eigenvalue weighted by Gasteiger charge is 2.34. The third-order valence-electron chi connectivity index (χ3n) is 3.84. The van der Waals surface area contributed by atoms with Crippen LogP contribution in [0.3, 0.4) is 0 Å². The van der Waals surface area contributed by atoms with E-state index in [9.17, 15) is 15.0 Å². The van der Waals surface area contributed by atoms with Gasteiger partial charge in [-0.3, -0.25) is 4.79 Å². The van der Waals surface area contributed by atoms with Gasteiger partial charge in [0.1, 0.15) is 0 Å². The van der Waals surface area contributed by atoms with Gasteiger partial charge in [0, 0.05) is 23.3 Å². The summed E-state index contributed by atoms with van der Waals surface area (Å²) < 4.78 is 0. The van der Waals surface area contributed by atoms with Crippen LogP contribution in [0.25, 0.3) is 0 Å². The number of aryl methyl sites for hydroxylation is 1. The van der Waals surface area contributed by atoms with E-state index in [0.717, 1.165) is 24.8 Å². The second kappa shape index (κ2) is 4.64. The van der Waals surface area contributed by atoms with Crippen LogP contribution in [0.15, 0.2) is 5.38 Å². The number of carbonyl (C=O) groups excluding carboxylic acids is 1. The van der Waals surface area contributed by atoms with Crippen LogP contribution < -0.4 is 0 Å². The Hall–Kier alpha value is -0.910. The number of hydrogen-bond acceptors (Lipinski definition) is 4. The third-order valence-corrected chi connectivity index (χ3v) is 4.93. The summed E-state index contributed by atoms with van der Waals surface area (Å²) in [6.07, 6.45) is 2.82. The molecule has 1 fully saturated rings. The van der Waals surface area contributed by atoms with Crippen LogP contribution in [-0.4, -0.2) is 46.3 Å². The fourth-order valence-electron chi connectivity index (χ4n) is 2.78. The molecule has 1 aliphatic heterocycles. The largest absolute Gasteiger partial charge is 0.388 e. The van der Waals surface area contributed by atoms with Crippen LogP contribution >= 0.6 is 11.3 Å². The fourth-order valence-corrected chi connectivity index (χ4v) is 3.90. The summed E-state index contributed by atoms with van der Waals surface area (Å²) in [4.78, 5) is 15.3. The molecule has 0 spiro atoms. The van der Waals surface area contributed by atoms with Gasteiger partial charge >= 0.3 is 0 Å². The van der Waals surface area contributed by atoms with Gasteiger partial charge in [0.2, 0.25) is 0 Å². The molecule has 0 radical (unpaired) electrons. The lowest BCUT2D eigenvalue weighted by atomic mass is 9.95. The molecular formula is C13H17NO3S. The molecule has 1 aromatic rings.